The van der Waals surface area contributed by atoms with E-state index in [9.17, 15) is 19.2 Å². The minimum absolute atomic E-state index is 0.319. The molecule has 0 fully saturated rings. The summed E-state index contributed by atoms with van der Waals surface area (Å²) in [5.41, 5.74) is 0. The minimum Gasteiger partial charge on any atom is -0.393 e. The summed E-state index contributed by atoms with van der Waals surface area (Å²) in [4.78, 5) is 41.0. The van der Waals surface area contributed by atoms with Crippen LogP contribution in [-0.2, 0) is 28.7 Å². The fraction of sp³-hybridized carbons (Fsp3) is 0.667. The van der Waals surface area contributed by atoms with Crippen LogP contribution in [0.5, 0.6) is 0 Å². The van der Waals surface area contributed by atoms with Gasteiger partial charge in [0.2, 0.25) is 0 Å². The minimum atomic E-state index is -0.534. The number of esters is 4. The molecule has 0 aliphatic heterocycles. The first-order chi connectivity index (χ1) is 8.33. The van der Waals surface area contributed by atoms with Crippen molar-refractivity contribution in [3.63, 3.8) is 0 Å². The maximum absolute atomic E-state index is 10.4. The molecule has 0 saturated carbocycles. The van der Waals surface area contributed by atoms with Gasteiger partial charge in [-0.3, -0.25) is 19.2 Å². The summed E-state index contributed by atoms with van der Waals surface area (Å²) in [6.45, 7) is 6.13. The summed E-state index contributed by atoms with van der Waals surface area (Å²) in [6, 6.07) is 0. The Labute approximate surface area is 107 Å². The van der Waals surface area contributed by atoms with Crippen LogP contribution < -0.4 is 0 Å². The second-order valence-electron chi connectivity index (χ2n) is 3.43. The van der Waals surface area contributed by atoms with Crippen molar-refractivity contribution in [1.82, 2.24) is 0 Å². The summed E-state index contributed by atoms with van der Waals surface area (Å²) >= 11 is 0. The number of rotatable bonds is 4. The van der Waals surface area contributed by atoms with E-state index in [4.69, 9.17) is 0 Å². The Morgan fingerprint density at radius 3 is 1.17 bits per heavy atom. The molecule has 0 aromatic heterocycles. The highest BCUT2D eigenvalue weighted by Gasteiger charge is 2.02. The van der Waals surface area contributed by atoms with E-state index in [2.05, 4.69) is 9.47 Å². The fourth-order valence-corrected chi connectivity index (χ4v) is 0.831. The molecule has 0 atom stereocenters. The van der Waals surface area contributed by atoms with Gasteiger partial charge in [0, 0.05) is 26.7 Å². The Bertz CT molecular complexity index is 265. The zero-order valence-electron chi connectivity index (χ0n) is 11.3. The molecule has 0 aromatic rings. The van der Waals surface area contributed by atoms with Crippen molar-refractivity contribution in [2.45, 2.75) is 53.4 Å². The van der Waals surface area contributed by atoms with Crippen LogP contribution in [0.4, 0.5) is 0 Å². The number of carbonyl (C=O) groups is 4. The van der Waals surface area contributed by atoms with E-state index >= 15 is 0 Å². The molecule has 0 heterocycles. The summed E-state index contributed by atoms with van der Waals surface area (Å²) in [5.74, 6) is -1.95. The zero-order valence-corrected chi connectivity index (χ0v) is 11.3. The zero-order chi connectivity index (χ0) is 14.6. The highest BCUT2D eigenvalue weighted by molar-refractivity contribution is 5.84. The van der Waals surface area contributed by atoms with Crippen LogP contribution in [-0.4, -0.2) is 23.9 Å². The molecule has 6 nitrogen and oxygen atoms in total. The highest BCUT2D eigenvalue weighted by atomic mass is 16.6. The summed E-state index contributed by atoms with van der Waals surface area (Å²) in [6.07, 6.45) is 2.07. The molecule has 0 unspecified atom stereocenters. The molecule has 0 spiro atoms. The average Bonchev–Trinajstić information content (AvgIpc) is 2.16. The van der Waals surface area contributed by atoms with Crippen LogP contribution in [0, 0.1) is 0 Å². The molecule has 0 bridgehead atoms. The van der Waals surface area contributed by atoms with Crippen LogP contribution in [0.2, 0.25) is 0 Å². The lowest BCUT2D eigenvalue weighted by Crippen LogP contribution is -2.07. The maximum Gasteiger partial charge on any atom is 0.313 e. The topological polar surface area (TPSA) is 86.7 Å². The standard InChI is InChI=1S/2C6H10O3/c2*1-3-4-6(8)9-5(2)7/h2*3-4H2,1-2H3. The van der Waals surface area contributed by atoms with E-state index < -0.39 is 23.9 Å². The quantitative estimate of drug-likeness (QED) is 0.565. The van der Waals surface area contributed by atoms with Crippen LogP contribution in [0.15, 0.2) is 0 Å². The molecule has 0 radical (unpaired) electrons. The molecule has 18 heavy (non-hydrogen) atoms. The number of carbonyl (C=O) groups excluding carboxylic acids is 4. The molecular formula is C12H20O6. The van der Waals surface area contributed by atoms with E-state index in [-0.39, 0.29) is 0 Å². The first-order valence-electron chi connectivity index (χ1n) is 5.75. The van der Waals surface area contributed by atoms with Crippen LogP contribution in [0.25, 0.3) is 0 Å². The van der Waals surface area contributed by atoms with Gasteiger partial charge in [-0.1, -0.05) is 13.8 Å². The van der Waals surface area contributed by atoms with E-state index in [1.807, 2.05) is 13.8 Å². The second-order valence-corrected chi connectivity index (χ2v) is 3.43. The summed E-state index contributed by atoms with van der Waals surface area (Å²) < 4.78 is 8.43. The molecular weight excluding hydrogens is 240 g/mol. The van der Waals surface area contributed by atoms with Gasteiger partial charge >= 0.3 is 23.9 Å². The second kappa shape index (κ2) is 11.8. The third kappa shape index (κ3) is 16.7. The summed E-state index contributed by atoms with van der Waals surface area (Å²) in [5, 5.41) is 0. The fourth-order valence-electron chi connectivity index (χ4n) is 0.831. The van der Waals surface area contributed by atoms with Gasteiger partial charge in [0.15, 0.2) is 0 Å². The Kier molecular flexibility index (Phi) is 12.2. The monoisotopic (exact) mass is 260 g/mol. The third-order valence-electron chi connectivity index (χ3n) is 1.42. The molecule has 0 N–H and O–H groups in total. The van der Waals surface area contributed by atoms with E-state index in [0.717, 1.165) is 0 Å². The average molecular weight is 260 g/mol. The molecule has 104 valence electrons. The van der Waals surface area contributed by atoms with Crippen molar-refractivity contribution in [1.29, 1.82) is 0 Å². The lowest BCUT2D eigenvalue weighted by molar-refractivity contribution is -0.159. The van der Waals surface area contributed by atoms with Gasteiger partial charge in [-0.25, -0.2) is 0 Å². The van der Waals surface area contributed by atoms with Gasteiger partial charge in [-0.2, -0.15) is 0 Å². The number of hydrogen-bond acceptors (Lipinski definition) is 6. The lowest BCUT2D eigenvalue weighted by atomic mass is 10.3. The highest BCUT2D eigenvalue weighted by Crippen LogP contribution is 1.91. The van der Waals surface area contributed by atoms with Gasteiger partial charge in [0.25, 0.3) is 0 Å². The Morgan fingerprint density at radius 1 is 0.722 bits per heavy atom. The van der Waals surface area contributed by atoms with Crippen LogP contribution in [0.3, 0.4) is 0 Å². The molecule has 0 aliphatic carbocycles. The van der Waals surface area contributed by atoms with Crippen molar-refractivity contribution >= 4 is 23.9 Å². The molecule has 0 amide bonds. The van der Waals surface area contributed by atoms with Crippen molar-refractivity contribution < 1.29 is 28.7 Å². The molecule has 0 aliphatic rings. The largest absolute Gasteiger partial charge is 0.393 e. The normalized spacial score (nSPS) is 8.67. The maximum atomic E-state index is 10.4. The third-order valence-corrected chi connectivity index (χ3v) is 1.42. The van der Waals surface area contributed by atoms with E-state index in [1.54, 1.807) is 0 Å². The van der Waals surface area contributed by atoms with Crippen molar-refractivity contribution in [3.05, 3.63) is 0 Å². The molecule has 6 heteroatoms. The predicted octanol–water partition coefficient (Wildman–Crippen LogP) is 1.75. The van der Waals surface area contributed by atoms with Crippen LogP contribution >= 0.6 is 0 Å². The first kappa shape index (κ1) is 18.6. The van der Waals surface area contributed by atoms with Crippen LogP contribution in [0.1, 0.15) is 53.4 Å². The van der Waals surface area contributed by atoms with E-state index in [0.29, 0.717) is 25.7 Å². The number of ether oxygens (including phenoxy) is 2. The van der Waals surface area contributed by atoms with Crippen molar-refractivity contribution in [3.8, 4) is 0 Å². The Balaban J connectivity index is 0. The Hall–Kier alpha value is -1.72. The van der Waals surface area contributed by atoms with E-state index in [1.165, 1.54) is 13.8 Å². The number of hydrogen-bond donors (Lipinski definition) is 0. The molecule has 0 aromatic carbocycles. The van der Waals surface area contributed by atoms with Gasteiger partial charge < -0.3 is 9.47 Å². The van der Waals surface area contributed by atoms with Gasteiger partial charge in [0.1, 0.15) is 0 Å². The first-order valence-corrected chi connectivity index (χ1v) is 5.75. The predicted molar refractivity (Wildman–Crippen MR) is 63.4 cm³/mol. The molecule has 0 rings (SSSR count). The van der Waals surface area contributed by atoms with Crippen molar-refractivity contribution in [2.75, 3.05) is 0 Å². The van der Waals surface area contributed by atoms with Gasteiger partial charge in [0.05, 0.1) is 0 Å². The SMILES string of the molecule is CCCC(=O)OC(C)=O.CCCC(=O)OC(C)=O. The van der Waals surface area contributed by atoms with Crippen molar-refractivity contribution in [2.24, 2.45) is 0 Å². The smallest absolute Gasteiger partial charge is 0.313 e. The van der Waals surface area contributed by atoms with Gasteiger partial charge in [-0.15, -0.1) is 0 Å². The molecule has 0 saturated heterocycles. The lowest BCUT2D eigenvalue weighted by Gasteiger charge is -1.94. The summed E-state index contributed by atoms with van der Waals surface area (Å²) in [7, 11) is 0. The van der Waals surface area contributed by atoms with Gasteiger partial charge in [-0.05, 0) is 12.8 Å². The Morgan fingerprint density at radius 2 is 1.00 bits per heavy atom.